The van der Waals surface area contributed by atoms with Crippen LogP contribution < -0.4 is 0 Å². The van der Waals surface area contributed by atoms with Crippen molar-refractivity contribution < 1.29 is 0 Å². The van der Waals surface area contributed by atoms with E-state index in [0.29, 0.717) is 0 Å². The monoisotopic (exact) mass is 200 g/mol. The van der Waals surface area contributed by atoms with Crippen LogP contribution in [0.1, 0.15) is 86.0 Å². The molecule has 0 aliphatic carbocycles. The molecule has 0 aromatic rings. The summed E-state index contributed by atoms with van der Waals surface area (Å²) in [6, 6.07) is 0. The van der Waals surface area contributed by atoms with Gasteiger partial charge in [0, 0.05) is 0 Å². The van der Waals surface area contributed by atoms with Crippen LogP contribution in [-0.4, -0.2) is 0 Å². The highest BCUT2D eigenvalue weighted by Crippen LogP contribution is 2.06. The molecule has 0 nitrogen and oxygen atoms in total. The van der Waals surface area contributed by atoms with Gasteiger partial charge in [-0.1, -0.05) is 86.0 Å². The Morgan fingerprint density at radius 2 is 1.00 bits per heavy atom. The molecule has 0 unspecified atom stereocenters. The fourth-order valence-corrected chi connectivity index (χ4v) is 1.30. The Morgan fingerprint density at radius 3 is 1.29 bits per heavy atom. The first-order valence-corrected chi connectivity index (χ1v) is 6.68. The Labute approximate surface area is 92.5 Å². The van der Waals surface area contributed by atoms with Crippen molar-refractivity contribution in [1.29, 1.82) is 0 Å². The summed E-state index contributed by atoms with van der Waals surface area (Å²) in [5.74, 6) is 0.904. The molecule has 0 rings (SSSR count). The van der Waals surface area contributed by atoms with E-state index in [1.165, 1.54) is 51.4 Å². The minimum absolute atomic E-state index is 0.904. The van der Waals surface area contributed by atoms with Crippen LogP contribution in [0.4, 0.5) is 0 Å². The fourth-order valence-electron chi connectivity index (χ4n) is 1.30. The predicted molar refractivity (Wildman–Crippen MR) is 68.8 cm³/mol. The summed E-state index contributed by atoms with van der Waals surface area (Å²) < 4.78 is 0. The minimum Gasteiger partial charge on any atom is -0.0654 e. The zero-order chi connectivity index (χ0) is 11.2. The first-order valence-electron chi connectivity index (χ1n) is 6.68. The second-order valence-corrected chi connectivity index (χ2v) is 4.60. The van der Waals surface area contributed by atoms with Crippen molar-refractivity contribution in [2.45, 2.75) is 86.0 Å². The molecule has 0 atom stereocenters. The largest absolute Gasteiger partial charge is 0.0654 e. The van der Waals surface area contributed by atoms with Gasteiger partial charge in [0.15, 0.2) is 0 Å². The quantitative estimate of drug-likeness (QED) is 0.455. The van der Waals surface area contributed by atoms with Crippen molar-refractivity contribution in [2.75, 3.05) is 0 Å². The van der Waals surface area contributed by atoms with Gasteiger partial charge >= 0.3 is 0 Å². The molecule has 0 spiro atoms. The maximum atomic E-state index is 2.29. The van der Waals surface area contributed by atoms with Crippen molar-refractivity contribution in [3.8, 4) is 0 Å². The maximum absolute atomic E-state index is 2.29. The third-order valence-electron chi connectivity index (χ3n) is 2.34. The molecule has 0 bridgehead atoms. The average molecular weight is 200 g/mol. The van der Waals surface area contributed by atoms with Crippen molar-refractivity contribution in [3.63, 3.8) is 0 Å². The number of hydrogen-bond acceptors (Lipinski definition) is 0. The van der Waals surface area contributed by atoms with E-state index in [0.717, 1.165) is 5.92 Å². The first-order chi connectivity index (χ1) is 6.68. The summed E-state index contributed by atoms with van der Waals surface area (Å²) in [7, 11) is 0. The molecule has 14 heavy (non-hydrogen) atoms. The Kier molecular flexibility index (Phi) is 18.2. The van der Waals surface area contributed by atoms with E-state index in [2.05, 4.69) is 34.6 Å². The molecule has 0 N–H and O–H groups in total. The molecular formula is C14H32. The zero-order valence-corrected chi connectivity index (χ0v) is 11.2. The van der Waals surface area contributed by atoms with Gasteiger partial charge in [0.05, 0.1) is 0 Å². The third kappa shape index (κ3) is 22.7. The molecule has 0 aliphatic heterocycles. The van der Waals surface area contributed by atoms with Crippen LogP contribution in [0.15, 0.2) is 0 Å². The predicted octanol–water partition coefficient (Wildman–Crippen LogP) is 5.81. The lowest BCUT2D eigenvalue weighted by Crippen LogP contribution is -1.85. The van der Waals surface area contributed by atoms with E-state index in [1.54, 1.807) is 0 Å². The second kappa shape index (κ2) is 15.5. The molecule has 0 fully saturated rings. The van der Waals surface area contributed by atoms with Crippen LogP contribution in [0, 0.1) is 5.92 Å². The number of unbranched alkanes of at least 4 members (excludes halogenated alkanes) is 5. The van der Waals surface area contributed by atoms with Gasteiger partial charge in [-0.3, -0.25) is 0 Å². The Hall–Kier alpha value is 0. The van der Waals surface area contributed by atoms with E-state index >= 15 is 0 Å². The zero-order valence-electron chi connectivity index (χ0n) is 11.2. The lowest BCUT2D eigenvalue weighted by Gasteiger charge is -2.00. The van der Waals surface area contributed by atoms with Crippen LogP contribution in [0.25, 0.3) is 0 Å². The van der Waals surface area contributed by atoms with Gasteiger partial charge in [-0.05, 0) is 5.92 Å². The Balaban J connectivity index is 0. The SMILES string of the molecule is CCCCCC.CCCCCC(C)C. The van der Waals surface area contributed by atoms with Gasteiger partial charge in [0.2, 0.25) is 0 Å². The lowest BCUT2D eigenvalue weighted by atomic mass is 10.1. The van der Waals surface area contributed by atoms with Gasteiger partial charge in [-0.15, -0.1) is 0 Å². The van der Waals surface area contributed by atoms with Crippen LogP contribution in [0.5, 0.6) is 0 Å². The van der Waals surface area contributed by atoms with Crippen molar-refractivity contribution in [3.05, 3.63) is 0 Å². The topological polar surface area (TPSA) is 0 Å². The van der Waals surface area contributed by atoms with E-state index in [1.807, 2.05) is 0 Å². The van der Waals surface area contributed by atoms with E-state index in [4.69, 9.17) is 0 Å². The van der Waals surface area contributed by atoms with E-state index in [-0.39, 0.29) is 0 Å². The third-order valence-corrected chi connectivity index (χ3v) is 2.34. The van der Waals surface area contributed by atoms with Crippen LogP contribution in [0.3, 0.4) is 0 Å². The van der Waals surface area contributed by atoms with Gasteiger partial charge in [0.25, 0.3) is 0 Å². The van der Waals surface area contributed by atoms with Crippen molar-refractivity contribution >= 4 is 0 Å². The first kappa shape index (κ1) is 16.4. The van der Waals surface area contributed by atoms with Gasteiger partial charge in [-0.25, -0.2) is 0 Å². The summed E-state index contributed by atoms with van der Waals surface area (Å²) in [6.45, 7) is 11.3. The molecule has 0 saturated heterocycles. The van der Waals surface area contributed by atoms with Gasteiger partial charge in [0.1, 0.15) is 0 Å². The molecule has 0 amide bonds. The van der Waals surface area contributed by atoms with Crippen LogP contribution in [-0.2, 0) is 0 Å². The summed E-state index contributed by atoms with van der Waals surface area (Å²) >= 11 is 0. The molecule has 0 aromatic heterocycles. The summed E-state index contributed by atoms with van der Waals surface area (Å²) in [5.41, 5.74) is 0. The van der Waals surface area contributed by atoms with Crippen molar-refractivity contribution in [2.24, 2.45) is 5.92 Å². The highest BCUT2D eigenvalue weighted by Gasteiger charge is 1.90. The number of rotatable bonds is 7. The molecule has 0 aromatic carbocycles. The molecule has 88 valence electrons. The standard InChI is InChI=1S/C8H18.C6H14/c1-4-5-6-7-8(2)3;1-3-5-6-4-2/h8H,4-7H2,1-3H3;3-6H2,1-2H3. The maximum Gasteiger partial charge on any atom is -0.0471 e. The highest BCUT2D eigenvalue weighted by atomic mass is 14.0. The smallest absolute Gasteiger partial charge is 0.0471 e. The molecule has 0 saturated carbocycles. The number of hydrogen-bond donors (Lipinski definition) is 0. The van der Waals surface area contributed by atoms with E-state index < -0.39 is 0 Å². The average Bonchev–Trinajstić information content (AvgIpc) is 2.16. The molecule has 0 heterocycles. The minimum atomic E-state index is 0.904. The van der Waals surface area contributed by atoms with Crippen molar-refractivity contribution in [1.82, 2.24) is 0 Å². The molecule has 0 aliphatic rings. The second-order valence-electron chi connectivity index (χ2n) is 4.60. The summed E-state index contributed by atoms with van der Waals surface area (Å²) in [4.78, 5) is 0. The van der Waals surface area contributed by atoms with Gasteiger partial charge in [-0.2, -0.15) is 0 Å². The molecule has 0 radical (unpaired) electrons. The Morgan fingerprint density at radius 1 is 0.643 bits per heavy atom. The molecular weight excluding hydrogens is 168 g/mol. The fraction of sp³-hybridized carbons (Fsp3) is 1.00. The summed E-state index contributed by atoms with van der Waals surface area (Å²) in [6.07, 6.45) is 11.1. The van der Waals surface area contributed by atoms with E-state index in [9.17, 15) is 0 Å². The van der Waals surface area contributed by atoms with Crippen LogP contribution in [0.2, 0.25) is 0 Å². The Bertz CT molecular complexity index is 70.1. The summed E-state index contributed by atoms with van der Waals surface area (Å²) in [5, 5.41) is 0. The lowest BCUT2D eigenvalue weighted by molar-refractivity contribution is 0.534. The van der Waals surface area contributed by atoms with Crippen LogP contribution >= 0.6 is 0 Å². The molecule has 0 heteroatoms. The van der Waals surface area contributed by atoms with Gasteiger partial charge < -0.3 is 0 Å². The highest BCUT2D eigenvalue weighted by molar-refractivity contribution is 4.44. The normalized spacial score (nSPS) is 9.86.